The molecule has 0 radical (unpaired) electrons. The van der Waals surface area contributed by atoms with Gasteiger partial charge in [-0.25, -0.2) is 0 Å². The number of aryl methyl sites for hydroxylation is 2. The lowest BCUT2D eigenvalue weighted by atomic mass is 9.75. The van der Waals surface area contributed by atoms with Crippen LogP contribution in [-0.4, -0.2) is 52.1 Å². The number of piperidine rings is 1. The molecule has 4 unspecified atom stereocenters. The number of aromatic nitrogens is 2. The Morgan fingerprint density at radius 3 is 2.50 bits per heavy atom. The minimum absolute atomic E-state index is 0.0291. The van der Waals surface area contributed by atoms with Gasteiger partial charge >= 0.3 is 0 Å². The monoisotopic (exact) mass is 657 g/mol. The summed E-state index contributed by atoms with van der Waals surface area (Å²) in [4.78, 5) is 26.9. The van der Waals surface area contributed by atoms with Crippen molar-refractivity contribution < 1.29 is 14.0 Å². The molecule has 5 rings (SSSR count). The minimum Gasteiger partial charge on any atom is -0.425 e. The number of allylic oxidation sites excluding steroid dienone is 6. The number of likely N-dealkylation sites (tertiary alicyclic amines) is 1. The normalized spacial score (nSPS) is 19.9. The largest absolute Gasteiger partial charge is 0.425 e. The standard InChI is InChI=1S/C32H38N6O3.C2H5N.2C2H6/c1-20-7-5-4-6-8-22(20)9-10-23-15-24(30(34)40)11-12-27(23)32(3,31-37-36-21(2)41-31)13-14-35-19-29(39)38-26(18-33)16-25-17-28(25)38;1-2-3;2*1-2/h4-7,11-12,15,25-26,28,35H,8-10,13-14,16-17,19H2,1-3H3,(H2,34,40);2H,1,3H2;2*1-2H3. The van der Waals surface area contributed by atoms with Crippen LogP contribution in [-0.2, 0) is 16.6 Å². The summed E-state index contributed by atoms with van der Waals surface area (Å²) >= 11 is 0. The van der Waals surface area contributed by atoms with Crippen LogP contribution in [0.3, 0.4) is 0 Å². The maximum absolute atomic E-state index is 13.0. The van der Waals surface area contributed by atoms with Crippen LogP contribution in [0.15, 0.2) is 70.8 Å². The Morgan fingerprint density at radius 2 is 1.88 bits per heavy atom. The van der Waals surface area contributed by atoms with Crippen molar-refractivity contribution in [2.24, 2.45) is 17.4 Å². The molecule has 1 aromatic heterocycles. The van der Waals surface area contributed by atoms with Crippen molar-refractivity contribution in [1.82, 2.24) is 20.4 Å². The maximum Gasteiger partial charge on any atom is 0.248 e. The van der Waals surface area contributed by atoms with Gasteiger partial charge in [0.05, 0.1) is 18.0 Å². The minimum atomic E-state index is -0.681. The highest BCUT2D eigenvalue weighted by molar-refractivity contribution is 5.93. The molecular formula is C38H55N7O3. The van der Waals surface area contributed by atoms with E-state index in [1.165, 1.54) is 17.3 Å². The van der Waals surface area contributed by atoms with Gasteiger partial charge in [0.25, 0.3) is 0 Å². The van der Waals surface area contributed by atoms with Gasteiger partial charge in [-0.3, -0.25) is 9.59 Å². The van der Waals surface area contributed by atoms with Gasteiger partial charge in [-0.1, -0.05) is 75.8 Å². The number of nitrogens with one attached hydrogen (secondary N) is 1. The molecule has 1 saturated heterocycles. The van der Waals surface area contributed by atoms with Crippen LogP contribution in [0, 0.1) is 24.2 Å². The zero-order valence-electron chi connectivity index (χ0n) is 29.9. The van der Waals surface area contributed by atoms with E-state index in [0.717, 1.165) is 36.8 Å². The van der Waals surface area contributed by atoms with E-state index >= 15 is 0 Å². The fourth-order valence-corrected chi connectivity index (χ4v) is 6.28. The van der Waals surface area contributed by atoms with Crippen LogP contribution in [0.2, 0.25) is 0 Å². The van der Waals surface area contributed by atoms with Crippen molar-refractivity contribution in [2.45, 2.75) is 104 Å². The SMILES string of the molecule is C=CN.CC.CC.CC1=C(CCc2cc(C(N)=O)ccc2C(C)(CCNCC(=O)N2C(C#N)CC3CC32)c2nnc(C)o2)CC=CC=C1. The number of primary amides is 1. The van der Waals surface area contributed by atoms with Crippen LogP contribution in [0.4, 0.5) is 0 Å². The van der Waals surface area contributed by atoms with Crippen molar-refractivity contribution in [1.29, 1.82) is 5.26 Å². The maximum atomic E-state index is 13.0. The van der Waals surface area contributed by atoms with Gasteiger partial charge in [-0.05, 0) is 94.3 Å². The highest BCUT2D eigenvalue weighted by Gasteiger charge is 2.53. The number of benzene rings is 1. The average molecular weight is 658 g/mol. The lowest BCUT2D eigenvalue weighted by Crippen LogP contribution is -2.43. The Bertz CT molecular complexity index is 1520. The van der Waals surface area contributed by atoms with Crippen LogP contribution in [0.25, 0.3) is 0 Å². The number of hydrogen-bond donors (Lipinski definition) is 3. The fraction of sp³-hybridized carbons (Fsp3) is 0.500. The first-order valence-electron chi connectivity index (χ1n) is 17.1. The molecule has 2 heterocycles. The Kier molecular flexibility index (Phi) is 16.0. The zero-order chi connectivity index (χ0) is 35.9. The molecule has 260 valence electrons. The van der Waals surface area contributed by atoms with E-state index < -0.39 is 11.3 Å². The zero-order valence-corrected chi connectivity index (χ0v) is 29.9. The first-order chi connectivity index (χ1) is 23.1. The van der Waals surface area contributed by atoms with E-state index in [9.17, 15) is 14.9 Å². The molecule has 0 spiro atoms. The molecule has 2 aliphatic carbocycles. The second kappa shape index (κ2) is 19.4. The number of fused-ring (bicyclic) bond motifs is 1. The number of nitrogens with zero attached hydrogens (tertiary/aromatic N) is 4. The lowest BCUT2D eigenvalue weighted by molar-refractivity contribution is -0.131. The molecule has 10 nitrogen and oxygen atoms in total. The van der Waals surface area contributed by atoms with Gasteiger partial charge in [0, 0.05) is 18.5 Å². The molecule has 0 bridgehead atoms. The van der Waals surface area contributed by atoms with Gasteiger partial charge in [-0.15, -0.1) is 10.2 Å². The Labute approximate surface area is 287 Å². The highest BCUT2D eigenvalue weighted by Crippen LogP contribution is 2.47. The molecule has 48 heavy (non-hydrogen) atoms. The first-order valence-corrected chi connectivity index (χ1v) is 17.1. The van der Waals surface area contributed by atoms with Gasteiger partial charge in [0.1, 0.15) is 6.04 Å². The van der Waals surface area contributed by atoms with Crippen LogP contribution in [0.5, 0.6) is 0 Å². The van der Waals surface area contributed by atoms with Crippen molar-refractivity contribution in [3.8, 4) is 6.07 Å². The van der Waals surface area contributed by atoms with E-state index in [2.05, 4.69) is 72.0 Å². The van der Waals surface area contributed by atoms with Crippen molar-refractivity contribution in [3.63, 3.8) is 0 Å². The quantitative estimate of drug-likeness (QED) is 0.241. The molecule has 10 heteroatoms. The number of carbonyl (C=O) groups excluding carboxylic acids is 2. The van der Waals surface area contributed by atoms with Crippen LogP contribution < -0.4 is 16.8 Å². The van der Waals surface area contributed by atoms with Crippen molar-refractivity contribution in [2.75, 3.05) is 13.1 Å². The number of hydrogen-bond acceptors (Lipinski definition) is 8. The summed E-state index contributed by atoms with van der Waals surface area (Å²) in [6.45, 7) is 17.8. The van der Waals surface area contributed by atoms with Gasteiger partial charge in [0.2, 0.25) is 23.6 Å². The summed E-state index contributed by atoms with van der Waals surface area (Å²) in [5, 5.41) is 21.3. The summed E-state index contributed by atoms with van der Waals surface area (Å²) < 4.78 is 5.99. The summed E-state index contributed by atoms with van der Waals surface area (Å²) in [6.07, 6.45) is 14.5. The molecule has 2 amide bonds. The predicted octanol–water partition coefficient (Wildman–Crippen LogP) is 6.18. The van der Waals surface area contributed by atoms with E-state index in [1.54, 1.807) is 17.9 Å². The molecule has 2 fully saturated rings. The Balaban J connectivity index is 0.00000106. The van der Waals surface area contributed by atoms with Gasteiger partial charge < -0.3 is 26.1 Å². The van der Waals surface area contributed by atoms with E-state index in [4.69, 9.17) is 10.2 Å². The second-order valence-electron chi connectivity index (χ2n) is 11.9. The molecular weight excluding hydrogens is 602 g/mol. The third-order valence-corrected chi connectivity index (χ3v) is 8.81. The number of nitriles is 1. The summed E-state index contributed by atoms with van der Waals surface area (Å²) in [5.41, 5.74) is 14.6. The third-order valence-electron chi connectivity index (χ3n) is 8.81. The number of nitrogens with two attached hydrogens (primary N) is 2. The molecule has 5 N–H and O–H groups in total. The topological polar surface area (TPSA) is 164 Å². The summed E-state index contributed by atoms with van der Waals surface area (Å²) in [7, 11) is 0. The van der Waals surface area contributed by atoms with Gasteiger partial charge in [0.15, 0.2) is 0 Å². The third kappa shape index (κ3) is 10.0. The Morgan fingerprint density at radius 1 is 1.17 bits per heavy atom. The van der Waals surface area contributed by atoms with Crippen LogP contribution in [0.1, 0.15) is 107 Å². The van der Waals surface area contributed by atoms with Crippen molar-refractivity contribution >= 4 is 11.8 Å². The van der Waals surface area contributed by atoms with E-state index in [0.29, 0.717) is 42.6 Å². The predicted molar refractivity (Wildman–Crippen MR) is 192 cm³/mol. The molecule has 1 aromatic carbocycles. The van der Waals surface area contributed by atoms with Crippen LogP contribution >= 0.6 is 0 Å². The number of amides is 2. The van der Waals surface area contributed by atoms with E-state index in [1.807, 2.05) is 39.8 Å². The summed E-state index contributed by atoms with van der Waals surface area (Å²) in [6, 6.07) is 7.78. The second-order valence-corrected chi connectivity index (χ2v) is 11.9. The fourth-order valence-electron chi connectivity index (χ4n) is 6.28. The van der Waals surface area contributed by atoms with Gasteiger partial charge in [-0.2, -0.15) is 5.26 Å². The molecule has 1 saturated carbocycles. The first kappa shape index (κ1) is 39.7. The number of carbonyl (C=O) groups is 2. The number of rotatable bonds is 11. The Hall–Kier alpha value is -4.49. The smallest absolute Gasteiger partial charge is 0.248 e. The molecule has 3 aliphatic rings. The van der Waals surface area contributed by atoms with E-state index in [-0.39, 0.29) is 24.5 Å². The summed E-state index contributed by atoms with van der Waals surface area (Å²) in [5.74, 6) is 0.937. The average Bonchev–Trinajstić information content (AvgIpc) is 3.62. The lowest BCUT2D eigenvalue weighted by Gasteiger charge is -2.30. The molecule has 2 aromatic rings. The molecule has 1 aliphatic heterocycles. The van der Waals surface area contributed by atoms with Crippen molar-refractivity contribution in [3.05, 3.63) is 94.9 Å². The highest BCUT2D eigenvalue weighted by atomic mass is 16.4. The molecule has 4 atom stereocenters.